The average molecular weight is 426 g/mol. The molecule has 0 saturated carbocycles. The number of carboxylic acid groups (broad SMARTS) is 1. The minimum Gasteiger partial charge on any atom is -0.504 e. The number of aliphatic carboxylic acids is 1. The van der Waals surface area contributed by atoms with Crippen molar-refractivity contribution < 1.29 is 19.7 Å². The van der Waals surface area contributed by atoms with Crippen molar-refractivity contribution in [3.05, 3.63) is 20.6 Å². The zero-order valence-corrected chi connectivity index (χ0v) is 14.7. The summed E-state index contributed by atoms with van der Waals surface area (Å²) in [5, 5.41) is 19.4. The molecule has 2 atom stereocenters. The summed E-state index contributed by atoms with van der Waals surface area (Å²) in [6.45, 7) is 2.30. The van der Waals surface area contributed by atoms with Gasteiger partial charge in [-0.05, 0) is 51.3 Å². The topological polar surface area (TPSA) is 66.8 Å². The minimum atomic E-state index is -0.782. The fourth-order valence-corrected chi connectivity index (χ4v) is 4.83. The highest BCUT2D eigenvalue weighted by Crippen LogP contribution is 2.52. The number of hydrogen-bond donors (Lipinski definition) is 2. The van der Waals surface area contributed by atoms with Crippen LogP contribution in [0.4, 0.5) is 0 Å². The number of halogens is 2. The van der Waals surface area contributed by atoms with E-state index in [9.17, 15) is 9.90 Å². The van der Waals surface area contributed by atoms with Gasteiger partial charge in [0.2, 0.25) is 0 Å². The monoisotopic (exact) mass is 424 g/mol. The molecule has 7 heteroatoms. The molecule has 1 aliphatic heterocycles. The maximum Gasteiger partial charge on any atom is 0.307 e. The molecule has 1 fully saturated rings. The predicted octanol–water partition coefficient (Wildman–Crippen LogP) is 4.19. The normalized spacial score (nSPS) is 21.9. The SMILES string of the molecule is CCOc1cc(Br)c(Br)c(C2CC(C(=O)O)CS2)c1O. The van der Waals surface area contributed by atoms with Gasteiger partial charge in [-0.15, -0.1) is 0 Å². The van der Waals surface area contributed by atoms with E-state index in [0.717, 1.165) is 8.95 Å². The van der Waals surface area contributed by atoms with Gasteiger partial charge in [-0.1, -0.05) is 0 Å². The molecular formula is C13H14Br2O4S. The highest BCUT2D eigenvalue weighted by atomic mass is 79.9. The third kappa shape index (κ3) is 3.09. The Morgan fingerprint density at radius 3 is 2.80 bits per heavy atom. The minimum absolute atomic E-state index is 0.0535. The average Bonchev–Trinajstić information content (AvgIpc) is 2.86. The molecule has 1 aromatic carbocycles. The number of phenolic OH excluding ortho intramolecular Hbond substituents is 1. The van der Waals surface area contributed by atoms with Crippen LogP contribution in [0.25, 0.3) is 0 Å². The third-order valence-corrected chi connectivity index (χ3v) is 6.60. The molecule has 1 aromatic rings. The second kappa shape index (κ2) is 6.58. The van der Waals surface area contributed by atoms with Crippen molar-refractivity contribution in [2.75, 3.05) is 12.4 Å². The molecule has 0 radical (unpaired) electrons. The molecule has 1 heterocycles. The van der Waals surface area contributed by atoms with Gasteiger partial charge in [-0.2, -0.15) is 11.8 Å². The number of thioether (sulfide) groups is 1. The van der Waals surface area contributed by atoms with Gasteiger partial charge in [0.1, 0.15) is 0 Å². The molecule has 2 rings (SSSR count). The second-order valence-corrected chi connectivity index (χ2v) is 7.34. The van der Waals surface area contributed by atoms with Crippen LogP contribution >= 0.6 is 43.6 Å². The van der Waals surface area contributed by atoms with Gasteiger partial charge in [-0.25, -0.2) is 0 Å². The summed E-state index contributed by atoms with van der Waals surface area (Å²) in [5.41, 5.74) is 0.705. The highest BCUT2D eigenvalue weighted by molar-refractivity contribution is 9.13. The molecule has 0 bridgehead atoms. The lowest BCUT2D eigenvalue weighted by Crippen LogP contribution is -2.12. The molecule has 4 nitrogen and oxygen atoms in total. The van der Waals surface area contributed by atoms with E-state index in [1.165, 1.54) is 0 Å². The lowest BCUT2D eigenvalue weighted by atomic mass is 10.0. The number of ether oxygens (including phenoxy) is 1. The van der Waals surface area contributed by atoms with E-state index >= 15 is 0 Å². The Labute approximate surface area is 138 Å². The number of benzene rings is 1. The van der Waals surface area contributed by atoms with Crippen molar-refractivity contribution in [3.63, 3.8) is 0 Å². The van der Waals surface area contributed by atoms with Crippen LogP contribution < -0.4 is 4.74 Å². The number of hydrogen-bond acceptors (Lipinski definition) is 4. The molecule has 2 N–H and O–H groups in total. The van der Waals surface area contributed by atoms with Gasteiger partial charge in [-0.3, -0.25) is 4.79 Å². The lowest BCUT2D eigenvalue weighted by molar-refractivity contribution is -0.140. The first kappa shape index (κ1) is 16.0. The Bertz CT molecular complexity index is 536. The first-order valence-corrected chi connectivity index (χ1v) is 8.77. The molecule has 1 saturated heterocycles. The summed E-state index contributed by atoms with van der Waals surface area (Å²) >= 11 is 8.44. The standard InChI is InChI=1S/C13H14Br2O4S/c1-2-19-8-4-7(14)11(15)10(12(8)16)9-3-6(5-20-9)13(17)18/h4,6,9,16H,2-3,5H2,1H3,(H,17,18). The molecule has 20 heavy (non-hydrogen) atoms. The van der Waals surface area contributed by atoms with Gasteiger partial charge in [0.25, 0.3) is 0 Å². The molecular weight excluding hydrogens is 412 g/mol. The zero-order valence-electron chi connectivity index (χ0n) is 10.7. The summed E-state index contributed by atoms with van der Waals surface area (Å²) in [7, 11) is 0. The quantitative estimate of drug-likeness (QED) is 0.756. The number of carboxylic acids is 1. The van der Waals surface area contributed by atoms with Gasteiger partial charge in [0.05, 0.1) is 12.5 Å². The lowest BCUT2D eigenvalue weighted by Gasteiger charge is -2.18. The summed E-state index contributed by atoms with van der Waals surface area (Å²) < 4.78 is 6.96. The maximum atomic E-state index is 11.1. The smallest absolute Gasteiger partial charge is 0.307 e. The number of rotatable bonds is 4. The van der Waals surface area contributed by atoms with Gasteiger partial charge >= 0.3 is 5.97 Å². The van der Waals surface area contributed by atoms with Crippen LogP contribution in [-0.2, 0) is 4.79 Å². The Kier molecular flexibility index (Phi) is 5.25. The van der Waals surface area contributed by atoms with E-state index < -0.39 is 5.97 Å². The van der Waals surface area contributed by atoms with Crippen molar-refractivity contribution in [3.8, 4) is 11.5 Å². The Hall–Kier alpha value is -0.400. The van der Waals surface area contributed by atoms with E-state index in [1.54, 1.807) is 17.8 Å². The van der Waals surface area contributed by atoms with E-state index in [-0.39, 0.29) is 16.9 Å². The van der Waals surface area contributed by atoms with E-state index in [2.05, 4.69) is 31.9 Å². The van der Waals surface area contributed by atoms with Crippen LogP contribution in [0.15, 0.2) is 15.0 Å². The van der Waals surface area contributed by atoms with E-state index in [1.807, 2.05) is 6.92 Å². The van der Waals surface area contributed by atoms with Crippen LogP contribution in [0.2, 0.25) is 0 Å². The fraction of sp³-hybridized carbons (Fsp3) is 0.462. The molecule has 0 spiro atoms. The molecule has 110 valence electrons. The number of carbonyl (C=O) groups is 1. The number of aromatic hydroxyl groups is 1. The Morgan fingerprint density at radius 1 is 1.55 bits per heavy atom. The largest absolute Gasteiger partial charge is 0.504 e. The van der Waals surface area contributed by atoms with Gasteiger partial charge in [0.15, 0.2) is 11.5 Å². The summed E-state index contributed by atoms with van der Waals surface area (Å²) in [6.07, 6.45) is 0.508. The van der Waals surface area contributed by atoms with Crippen molar-refractivity contribution >= 4 is 49.6 Å². The van der Waals surface area contributed by atoms with Gasteiger partial charge < -0.3 is 14.9 Å². The van der Waals surface area contributed by atoms with Crippen LogP contribution in [0.3, 0.4) is 0 Å². The molecule has 0 aliphatic carbocycles. The molecule has 0 aromatic heterocycles. The van der Waals surface area contributed by atoms with Gasteiger partial charge in [0, 0.05) is 25.5 Å². The summed E-state index contributed by atoms with van der Waals surface area (Å²) in [4.78, 5) is 11.1. The molecule has 0 amide bonds. The summed E-state index contributed by atoms with van der Waals surface area (Å²) in [6, 6.07) is 1.71. The molecule has 2 unspecified atom stereocenters. The third-order valence-electron chi connectivity index (χ3n) is 3.16. The number of phenols is 1. The highest BCUT2D eigenvalue weighted by Gasteiger charge is 2.35. The zero-order chi connectivity index (χ0) is 14.9. The van der Waals surface area contributed by atoms with Crippen molar-refractivity contribution in [1.29, 1.82) is 0 Å². The van der Waals surface area contributed by atoms with Crippen molar-refractivity contribution in [2.24, 2.45) is 5.92 Å². The Balaban J connectivity index is 2.38. The molecule has 1 aliphatic rings. The van der Waals surface area contributed by atoms with Crippen LogP contribution in [0.5, 0.6) is 11.5 Å². The van der Waals surface area contributed by atoms with Crippen LogP contribution in [-0.4, -0.2) is 28.5 Å². The first-order chi connectivity index (χ1) is 9.45. The predicted molar refractivity (Wildman–Crippen MR) is 85.6 cm³/mol. The van der Waals surface area contributed by atoms with Crippen LogP contribution in [0.1, 0.15) is 24.2 Å². The maximum absolute atomic E-state index is 11.1. The fourth-order valence-electron chi connectivity index (χ4n) is 2.17. The van der Waals surface area contributed by atoms with Crippen molar-refractivity contribution in [2.45, 2.75) is 18.6 Å². The van der Waals surface area contributed by atoms with Crippen molar-refractivity contribution in [1.82, 2.24) is 0 Å². The second-order valence-electron chi connectivity index (χ2n) is 4.46. The first-order valence-electron chi connectivity index (χ1n) is 6.13. The Morgan fingerprint density at radius 2 is 2.25 bits per heavy atom. The van der Waals surface area contributed by atoms with E-state index in [4.69, 9.17) is 9.84 Å². The summed E-state index contributed by atoms with van der Waals surface area (Å²) in [5.74, 6) is -0.0913. The van der Waals surface area contributed by atoms with Crippen LogP contribution in [0, 0.1) is 5.92 Å². The van der Waals surface area contributed by atoms with E-state index in [0.29, 0.717) is 30.1 Å².